The number of allylic oxidation sites excluding steroid dienone is 2. The molecule has 2 saturated carbocycles. The summed E-state index contributed by atoms with van der Waals surface area (Å²) in [5.41, 5.74) is 0. The van der Waals surface area contributed by atoms with Gasteiger partial charge in [0.25, 0.3) is 0 Å². The molecule has 0 amide bonds. The maximum Gasteiger partial charge on any atom is 0.0571 e. The molecule has 0 aromatic rings. The van der Waals surface area contributed by atoms with Gasteiger partial charge in [-0.25, -0.2) is 0 Å². The quantitative estimate of drug-likeness (QED) is 0.331. The van der Waals surface area contributed by atoms with E-state index in [1.165, 1.54) is 89.9 Å². The SMILES string of the molecule is CC=CCC[C@H]1CC[C@H](CCCC[C@H]2CC[C@H](OC)CC2)CC1. The molecule has 0 aromatic heterocycles. The molecule has 0 heterocycles. The Morgan fingerprint density at radius 3 is 1.70 bits per heavy atom. The van der Waals surface area contributed by atoms with Crippen LogP contribution in [0.4, 0.5) is 0 Å². The summed E-state index contributed by atoms with van der Waals surface area (Å²) in [7, 11) is 1.88. The van der Waals surface area contributed by atoms with Gasteiger partial charge in [-0.05, 0) is 63.2 Å². The highest BCUT2D eigenvalue weighted by Crippen LogP contribution is 2.35. The van der Waals surface area contributed by atoms with Crippen molar-refractivity contribution in [1.29, 1.82) is 0 Å². The van der Waals surface area contributed by atoms with E-state index in [2.05, 4.69) is 19.1 Å². The van der Waals surface area contributed by atoms with Crippen LogP contribution in [0, 0.1) is 17.8 Å². The van der Waals surface area contributed by atoms with Crippen molar-refractivity contribution < 1.29 is 4.74 Å². The molecule has 2 rings (SSSR count). The minimum Gasteiger partial charge on any atom is -0.381 e. The van der Waals surface area contributed by atoms with Crippen LogP contribution in [0.2, 0.25) is 0 Å². The predicted octanol–water partition coefficient (Wildman–Crippen LogP) is 6.91. The number of unbranched alkanes of at least 4 members (excludes halogenated alkanes) is 1. The molecule has 2 aliphatic rings. The van der Waals surface area contributed by atoms with E-state index in [0.29, 0.717) is 6.10 Å². The second-order valence-corrected chi connectivity index (χ2v) is 8.20. The smallest absolute Gasteiger partial charge is 0.0571 e. The molecule has 2 aliphatic carbocycles. The normalized spacial score (nSPS) is 32.4. The summed E-state index contributed by atoms with van der Waals surface area (Å²) in [5, 5.41) is 0. The molecule has 0 aromatic carbocycles. The van der Waals surface area contributed by atoms with Crippen LogP contribution in [0.25, 0.3) is 0 Å². The van der Waals surface area contributed by atoms with E-state index in [0.717, 1.165) is 17.8 Å². The third-order valence-electron chi connectivity index (χ3n) is 6.55. The molecule has 0 bridgehead atoms. The van der Waals surface area contributed by atoms with Crippen LogP contribution in [0.3, 0.4) is 0 Å². The van der Waals surface area contributed by atoms with E-state index in [4.69, 9.17) is 4.74 Å². The van der Waals surface area contributed by atoms with Gasteiger partial charge in [0.1, 0.15) is 0 Å². The summed E-state index contributed by atoms with van der Waals surface area (Å²) < 4.78 is 5.48. The van der Waals surface area contributed by atoms with E-state index in [1.54, 1.807) is 0 Å². The van der Waals surface area contributed by atoms with Gasteiger partial charge in [-0.15, -0.1) is 0 Å². The minimum absolute atomic E-state index is 0.564. The van der Waals surface area contributed by atoms with Crippen molar-refractivity contribution in [1.82, 2.24) is 0 Å². The summed E-state index contributed by atoms with van der Waals surface area (Å²) in [4.78, 5) is 0. The van der Waals surface area contributed by atoms with Crippen LogP contribution < -0.4 is 0 Å². The number of hydrogen-bond acceptors (Lipinski definition) is 1. The van der Waals surface area contributed by atoms with Gasteiger partial charge >= 0.3 is 0 Å². The van der Waals surface area contributed by atoms with Gasteiger partial charge in [-0.2, -0.15) is 0 Å². The fourth-order valence-corrected chi connectivity index (χ4v) is 4.83. The maximum absolute atomic E-state index is 5.48. The average Bonchev–Trinajstić information content (AvgIpc) is 2.61. The maximum atomic E-state index is 5.48. The molecule has 0 unspecified atom stereocenters. The van der Waals surface area contributed by atoms with Gasteiger partial charge in [-0.1, -0.05) is 63.5 Å². The van der Waals surface area contributed by atoms with E-state index in [9.17, 15) is 0 Å². The first-order chi connectivity index (χ1) is 11.3. The van der Waals surface area contributed by atoms with Crippen LogP contribution in [-0.2, 0) is 4.74 Å². The van der Waals surface area contributed by atoms with Gasteiger partial charge in [0.05, 0.1) is 6.10 Å². The zero-order chi connectivity index (χ0) is 16.3. The van der Waals surface area contributed by atoms with Gasteiger partial charge < -0.3 is 4.74 Å². The molecule has 1 heteroatoms. The lowest BCUT2D eigenvalue weighted by Crippen LogP contribution is -2.20. The Bertz CT molecular complexity index is 306. The molecule has 0 aliphatic heterocycles. The van der Waals surface area contributed by atoms with Crippen LogP contribution >= 0.6 is 0 Å². The second kappa shape index (κ2) is 11.3. The highest BCUT2D eigenvalue weighted by molar-refractivity contribution is 4.80. The molecule has 0 spiro atoms. The van der Waals surface area contributed by atoms with Crippen molar-refractivity contribution in [2.45, 2.75) is 103 Å². The van der Waals surface area contributed by atoms with Gasteiger partial charge in [0, 0.05) is 7.11 Å². The molecule has 1 nitrogen and oxygen atoms in total. The predicted molar refractivity (Wildman–Crippen MR) is 101 cm³/mol. The molecule has 134 valence electrons. The average molecular weight is 321 g/mol. The fourth-order valence-electron chi connectivity index (χ4n) is 4.83. The molecule has 2 fully saturated rings. The lowest BCUT2D eigenvalue weighted by Gasteiger charge is -2.29. The number of methoxy groups -OCH3 is 1. The highest BCUT2D eigenvalue weighted by atomic mass is 16.5. The van der Waals surface area contributed by atoms with Crippen molar-refractivity contribution >= 4 is 0 Å². The van der Waals surface area contributed by atoms with E-state index < -0.39 is 0 Å². The van der Waals surface area contributed by atoms with E-state index >= 15 is 0 Å². The largest absolute Gasteiger partial charge is 0.381 e. The van der Waals surface area contributed by atoms with Gasteiger partial charge in [0.15, 0.2) is 0 Å². The Morgan fingerprint density at radius 2 is 1.22 bits per heavy atom. The van der Waals surface area contributed by atoms with Crippen LogP contribution in [-0.4, -0.2) is 13.2 Å². The highest BCUT2D eigenvalue weighted by Gasteiger charge is 2.22. The minimum atomic E-state index is 0.564. The molecule has 0 saturated heterocycles. The van der Waals surface area contributed by atoms with Crippen molar-refractivity contribution in [2.75, 3.05) is 7.11 Å². The summed E-state index contributed by atoms with van der Waals surface area (Å²) in [5.74, 6) is 3.08. The van der Waals surface area contributed by atoms with Crippen molar-refractivity contribution in [2.24, 2.45) is 17.8 Å². The fraction of sp³-hybridized carbons (Fsp3) is 0.909. The van der Waals surface area contributed by atoms with Gasteiger partial charge in [0.2, 0.25) is 0 Å². The third-order valence-corrected chi connectivity index (χ3v) is 6.55. The standard InChI is InChI=1S/C22H40O/c1-3-4-5-8-19-11-13-20(14-12-19)9-6-7-10-21-15-17-22(23-2)18-16-21/h3-4,19-22H,5-18H2,1-2H3/t19-,20-,21-,22-. The zero-order valence-electron chi connectivity index (χ0n) is 15.8. The van der Waals surface area contributed by atoms with E-state index in [1.807, 2.05) is 7.11 Å². The second-order valence-electron chi connectivity index (χ2n) is 8.20. The Labute approximate surface area is 145 Å². The molecule has 0 radical (unpaired) electrons. The first-order valence-electron chi connectivity index (χ1n) is 10.5. The van der Waals surface area contributed by atoms with Crippen molar-refractivity contribution in [3.05, 3.63) is 12.2 Å². The first kappa shape index (κ1) is 19.0. The molecular formula is C22H40O. The monoisotopic (exact) mass is 320 g/mol. The molecule has 23 heavy (non-hydrogen) atoms. The third kappa shape index (κ3) is 7.42. The number of ether oxygens (including phenoxy) is 1. The summed E-state index contributed by atoms with van der Waals surface area (Å²) in [6, 6.07) is 0. The van der Waals surface area contributed by atoms with Crippen molar-refractivity contribution in [3.63, 3.8) is 0 Å². The Kier molecular flexibility index (Phi) is 9.34. The van der Waals surface area contributed by atoms with Crippen LogP contribution in [0.15, 0.2) is 12.2 Å². The number of hydrogen-bond donors (Lipinski definition) is 0. The zero-order valence-corrected chi connectivity index (χ0v) is 15.8. The summed E-state index contributed by atoms with van der Waals surface area (Å²) >= 11 is 0. The lowest BCUT2D eigenvalue weighted by atomic mass is 9.77. The Balaban J connectivity index is 1.46. The summed E-state index contributed by atoms with van der Waals surface area (Å²) in [6.45, 7) is 2.14. The topological polar surface area (TPSA) is 9.23 Å². The van der Waals surface area contributed by atoms with Gasteiger partial charge in [-0.3, -0.25) is 0 Å². The Hall–Kier alpha value is -0.300. The number of rotatable bonds is 9. The van der Waals surface area contributed by atoms with Crippen LogP contribution in [0.1, 0.15) is 96.8 Å². The summed E-state index contributed by atoms with van der Waals surface area (Å²) in [6.07, 6.45) is 25.3. The molecule has 0 atom stereocenters. The first-order valence-corrected chi connectivity index (χ1v) is 10.5. The van der Waals surface area contributed by atoms with Crippen LogP contribution in [0.5, 0.6) is 0 Å². The molecular weight excluding hydrogens is 280 g/mol. The molecule has 0 N–H and O–H groups in total. The Morgan fingerprint density at radius 1 is 0.739 bits per heavy atom. The van der Waals surface area contributed by atoms with E-state index in [-0.39, 0.29) is 0 Å². The lowest BCUT2D eigenvalue weighted by molar-refractivity contribution is 0.0551. The van der Waals surface area contributed by atoms with Crippen molar-refractivity contribution in [3.8, 4) is 0 Å².